The molecule has 0 bridgehead atoms. The van der Waals surface area contributed by atoms with Crippen molar-refractivity contribution >= 4 is 0 Å². The van der Waals surface area contributed by atoms with Gasteiger partial charge in [0, 0.05) is 0 Å². The molecule has 0 N–H and O–H groups in total. The molecule has 0 radical (unpaired) electrons. The van der Waals surface area contributed by atoms with E-state index in [1.165, 1.54) is 37.7 Å². The van der Waals surface area contributed by atoms with Gasteiger partial charge in [0.05, 0.1) is 0 Å². The average molecular weight is 188 g/mol. The van der Waals surface area contributed by atoms with Gasteiger partial charge in [-0.1, -0.05) is 19.4 Å². The van der Waals surface area contributed by atoms with Crippen molar-refractivity contribution in [2.45, 2.75) is 52.9 Å². The summed E-state index contributed by atoms with van der Waals surface area (Å²) in [6.45, 7) is 6.87. The van der Waals surface area contributed by atoms with E-state index in [1.807, 2.05) is 0 Å². The standard InChI is InChI=1S/C14H20/c1-4-6-13-10(2)9-12-7-5-8-14(12)11(13)3/h9H,4-8H2,1-3H3. The third-order valence-corrected chi connectivity index (χ3v) is 3.53. The maximum Gasteiger partial charge on any atom is -0.0270 e. The second kappa shape index (κ2) is 3.76. The highest BCUT2D eigenvalue weighted by molar-refractivity contribution is 5.47. The molecule has 0 aliphatic heterocycles. The van der Waals surface area contributed by atoms with Crippen LogP contribution in [0.4, 0.5) is 0 Å². The highest BCUT2D eigenvalue weighted by atomic mass is 14.2. The van der Waals surface area contributed by atoms with E-state index < -0.39 is 0 Å². The lowest BCUT2D eigenvalue weighted by atomic mass is 9.92. The molecule has 0 saturated heterocycles. The van der Waals surface area contributed by atoms with E-state index in [2.05, 4.69) is 26.8 Å². The average Bonchev–Trinajstić information content (AvgIpc) is 2.60. The van der Waals surface area contributed by atoms with Crippen LogP contribution in [0.25, 0.3) is 0 Å². The minimum atomic E-state index is 1.25. The molecule has 0 heteroatoms. The van der Waals surface area contributed by atoms with Crippen LogP contribution in [0.1, 0.15) is 47.6 Å². The Labute approximate surface area is 87.3 Å². The van der Waals surface area contributed by atoms with E-state index >= 15 is 0 Å². The van der Waals surface area contributed by atoms with Crippen molar-refractivity contribution in [1.29, 1.82) is 0 Å². The number of benzene rings is 1. The predicted octanol–water partition coefficient (Wildman–Crippen LogP) is 3.74. The molecule has 1 aliphatic carbocycles. The number of rotatable bonds is 2. The first-order valence-corrected chi connectivity index (χ1v) is 5.85. The molecule has 0 aromatic heterocycles. The SMILES string of the molecule is CCCc1c(C)cc2c(c1C)CCC2. The topological polar surface area (TPSA) is 0 Å². The summed E-state index contributed by atoms with van der Waals surface area (Å²) >= 11 is 0. The smallest absolute Gasteiger partial charge is 0.0270 e. The Balaban J connectivity index is 2.51. The molecule has 1 aromatic carbocycles. The Morgan fingerprint density at radius 3 is 2.71 bits per heavy atom. The van der Waals surface area contributed by atoms with Crippen LogP contribution in [-0.2, 0) is 19.3 Å². The van der Waals surface area contributed by atoms with Gasteiger partial charge in [-0.25, -0.2) is 0 Å². The van der Waals surface area contributed by atoms with E-state index in [-0.39, 0.29) is 0 Å². The first-order chi connectivity index (χ1) is 6.74. The van der Waals surface area contributed by atoms with Crippen LogP contribution in [0.5, 0.6) is 0 Å². The highest BCUT2D eigenvalue weighted by Gasteiger charge is 2.16. The van der Waals surface area contributed by atoms with Crippen molar-refractivity contribution in [3.63, 3.8) is 0 Å². The molecule has 0 atom stereocenters. The Morgan fingerprint density at radius 2 is 2.00 bits per heavy atom. The molecule has 0 fully saturated rings. The number of aryl methyl sites for hydroxylation is 2. The van der Waals surface area contributed by atoms with Gasteiger partial charge in [0.1, 0.15) is 0 Å². The minimum Gasteiger partial charge on any atom is -0.0651 e. The maximum atomic E-state index is 2.43. The van der Waals surface area contributed by atoms with Crippen LogP contribution in [0, 0.1) is 13.8 Å². The van der Waals surface area contributed by atoms with E-state index in [9.17, 15) is 0 Å². The van der Waals surface area contributed by atoms with Gasteiger partial charge in [-0.3, -0.25) is 0 Å². The Morgan fingerprint density at radius 1 is 1.21 bits per heavy atom. The van der Waals surface area contributed by atoms with Gasteiger partial charge in [-0.05, 0) is 67.3 Å². The van der Waals surface area contributed by atoms with Gasteiger partial charge >= 0.3 is 0 Å². The third kappa shape index (κ3) is 1.47. The lowest BCUT2D eigenvalue weighted by Gasteiger charge is -2.13. The van der Waals surface area contributed by atoms with Crippen molar-refractivity contribution in [1.82, 2.24) is 0 Å². The van der Waals surface area contributed by atoms with Gasteiger partial charge in [-0.2, -0.15) is 0 Å². The zero-order valence-corrected chi connectivity index (χ0v) is 9.61. The molecule has 0 heterocycles. The van der Waals surface area contributed by atoms with E-state index in [4.69, 9.17) is 0 Å². The molecule has 2 rings (SSSR count). The lowest BCUT2D eigenvalue weighted by Crippen LogP contribution is -1.99. The van der Waals surface area contributed by atoms with Crippen LogP contribution in [-0.4, -0.2) is 0 Å². The molecule has 0 nitrogen and oxygen atoms in total. The number of fused-ring (bicyclic) bond motifs is 1. The van der Waals surface area contributed by atoms with Crippen LogP contribution in [0.15, 0.2) is 6.07 Å². The summed E-state index contributed by atoms with van der Waals surface area (Å²) in [4.78, 5) is 0. The van der Waals surface area contributed by atoms with Crippen molar-refractivity contribution in [3.05, 3.63) is 33.9 Å². The van der Waals surface area contributed by atoms with Crippen molar-refractivity contribution in [2.24, 2.45) is 0 Å². The summed E-state index contributed by atoms with van der Waals surface area (Å²) in [7, 11) is 0. The molecule has 0 spiro atoms. The van der Waals surface area contributed by atoms with E-state index in [0.717, 1.165) is 0 Å². The second-order valence-corrected chi connectivity index (χ2v) is 4.54. The third-order valence-electron chi connectivity index (χ3n) is 3.53. The molecule has 14 heavy (non-hydrogen) atoms. The van der Waals surface area contributed by atoms with Gasteiger partial charge in [0.2, 0.25) is 0 Å². The zero-order chi connectivity index (χ0) is 10.1. The summed E-state index contributed by atoms with van der Waals surface area (Å²) in [6.07, 6.45) is 6.51. The van der Waals surface area contributed by atoms with Crippen LogP contribution < -0.4 is 0 Å². The van der Waals surface area contributed by atoms with Crippen LogP contribution >= 0.6 is 0 Å². The van der Waals surface area contributed by atoms with Crippen LogP contribution in [0.2, 0.25) is 0 Å². The van der Waals surface area contributed by atoms with Crippen LogP contribution in [0.3, 0.4) is 0 Å². The first kappa shape index (κ1) is 9.76. The predicted molar refractivity (Wildman–Crippen MR) is 61.9 cm³/mol. The summed E-state index contributed by atoms with van der Waals surface area (Å²) < 4.78 is 0. The number of hydrogen-bond acceptors (Lipinski definition) is 0. The summed E-state index contributed by atoms with van der Waals surface area (Å²) in [6, 6.07) is 2.43. The Bertz CT molecular complexity index is 348. The lowest BCUT2D eigenvalue weighted by molar-refractivity contribution is 0.891. The fourth-order valence-electron chi connectivity index (χ4n) is 2.82. The highest BCUT2D eigenvalue weighted by Crippen LogP contribution is 2.30. The molecular formula is C14H20. The van der Waals surface area contributed by atoms with Crippen molar-refractivity contribution in [3.8, 4) is 0 Å². The molecule has 76 valence electrons. The Hall–Kier alpha value is -0.780. The number of hydrogen-bond donors (Lipinski definition) is 0. The molecular weight excluding hydrogens is 168 g/mol. The minimum absolute atomic E-state index is 1.25. The molecule has 0 amide bonds. The van der Waals surface area contributed by atoms with Crippen molar-refractivity contribution < 1.29 is 0 Å². The fourth-order valence-corrected chi connectivity index (χ4v) is 2.82. The van der Waals surface area contributed by atoms with Gasteiger partial charge < -0.3 is 0 Å². The molecule has 0 unspecified atom stereocenters. The normalized spacial score (nSPS) is 14.5. The molecule has 1 aliphatic rings. The van der Waals surface area contributed by atoms with Gasteiger partial charge in [-0.15, -0.1) is 0 Å². The molecule has 0 saturated carbocycles. The quantitative estimate of drug-likeness (QED) is 0.663. The fraction of sp³-hybridized carbons (Fsp3) is 0.571. The molecule has 1 aromatic rings. The van der Waals surface area contributed by atoms with Gasteiger partial charge in [0.25, 0.3) is 0 Å². The second-order valence-electron chi connectivity index (χ2n) is 4.54. The Kier molecular flexibility index (Phi) is 2.62. The van der Waals surface area contributed by atoms with E-state index in [1.54, 1.807) is 22.3 Å². The summed E-state index contributed by atoms with van der Waals surface area (Å²) in [5.74, 6) is 0. The maximum absolute atomic E-state index is 2.43. The first-order valence-electron chi connectivity index (χ1n) is 5.85. The van der Waals surface area contributed by atoms with Crippen molar-refractivity contribution in [2.75, 3.05) is 0 Å². The largest absolute Gasteiger partial charge is 0.0651 e. The van der Waals surface area contributed by atoms with Gasteiger partial charge in [0.15, 0.2) is 0 Å². The summed E-state index contributed by atoms with van der Waals surface area (Å²) in [5, 5.41) is 0. The zero-order valence-electron chi connectivity index (χ0n) is 9.61. The summed E-state index contributed by atoms with van der Waals surface area (Å²) in [5.41, 5.74) is 8.02. The van der Waals surface area contributed by atoms with E-state index in [0.29, 0.717) is 0 Å². The monoisotopic (exact) mass is 188 g/mol.